The van der Waals surface area contributed by atoms with Crippen LogP contribution < -0.4 is 9.47 Å². The molecule has 1 heterocycles. The van der Waals surface area contributed by atoms with E-state index in [4.69, 9.17) is 21.1 Å². The highest BCUT2D eigenvalue weighted by atomic mass is 35.5. The average molecular weight is 224 g/mol. The first kappa shape index (κ1) is 10.1. The van der Waals surface area contributed by atoms with E-state index in [9.17, 15) is 0 Å². The summed E-state index contributed by atoms with van der Waals surface area (Å²) in [5, 5.41) is 1.47. The highest BCUT2D eigenvalue weighted by Crippen LogP contribution is 2.31. The maximum absolute atomic E-state index is 6.04. The highest BCUT2D eigenvalue weighted by molar-refractivity contribution is 6.35. The van der Waals surface area contributed by atoms with Gasteiger partial charge in [-0.2, -0.15) is 0 Å². The van der Waals surface area contributed by atoms with Crippen molar-refractivity contribution in [2.75, 3.05) is 14.2 Å². The van der Waals surface area contributed by atoms with Crippen LogP contribution in [-0.4, -0.2) is 19.2 Å². The van der Waals surface area contributed by atoms with Crippen LogP contribution in [-0.2, 0) is 0 Å². The number of methoxy groups -OCH3 is 2. The maximum atomic E-state index is 6.04. The third-order valence-electron chi connectivity index (χ3n) is 2.16. The van der Waals surface area contributed by atoms with E-state index < -0.39 is 0 Å². The molecule has 3 nitrogen and oxygen atoms in total. The summed E-state index contributed by atoms with van der Waals surface area (Å²) in [7, 11) is 3.17. The number of fused-ring (bicyclic) bond motifs is 1. The zero-order valence-corrected chi connectivity index (χ0v) is 9.21. The van der Waals surface area contributed by atoms with E-state index in [1.54, 1.807) is 26.4 Å². The summed E-state index contributed by atoms with van der Waals surface area (Å²) in [5.41, 5.74) is 0.690. The number of hydrogen-bond acceptors (Lipinski definition) is 3. The summed E-state index contributed by atoms with van der Waals surface area (Å²) in [5.74, 6) is 1.20. The summed E-state index contributed by atoms with van der Waals surface area (Å²) >= 11 is 6.04. The fraction of sp³-hybridized carbons (Fsp3) is 0.182. The van der Waals surface area contributed by atoms with E-state index in [1.807, 2.05) is 12.1 Å². The van der Waals surface area contributed by atoms with Crippen LogP contribution in [0.2, 0.25) is 5.02 Å². The summed E-state index contributed by atoms with van der Waals surface area (Å²) in [6.07, 6.45) is 0. The van der Waals surface area contributed by atoms with Crippen LogP contribution in [0.25, 0.3) is 10.9 Å². The van der Waals surface area contributed by atoms with E-state index in [2.05, 4.69) is 4.98 Å². The molecule has 0 bridgehead atoms. The molecule has 0 saturated heterocycles. The Morgan fingerprint density at radius 3 is 2.67 bits per heavy atom. The van der Waals surface area contributed by atoms with Crippen molar-refractivity contribution in [2.24, 2.45) is 0 Å². The summed E-state index contributed by atoms with van der Waals surface area (Å²) in [4.78, 5) is 4.27. The normalized spacial score (nSPS) is 10.3. The number of rotatable bonds is 2. The number of halogens is 1. The molecule has 0 aliphatic carbocycles. The van der Waals surface area contributed by atoms with E-state index in [-0.39, 0.29) is 0 Å². The minimum Gasteiger partial charge on any atom is -0.496 e. The first-order valence-electron chi connectivity index (χ1n) is 4.43. The van der Waals surface area contributed by atoms with Gasteiger partial charge >= 0.3 is 0 Å². The lowest BCUT2D eigenvalue weighted by molar-refractivity contribution is 0.386. The zero-order chi connectivity index (χ0) is 10.8. The molecule has 0 atom stereocenters. The van der Waals surface area contributed by atoms with Gasteiger partial charge < -0.3 is 9.47 Å². The molecule has 0 N–H and O–H groups in total. The Kier molecular flexibility index (Phi) is 2.64. The van der Waals surface area contributed by atoms with Crippen molar-refractivity contribution in [3.05, 3.63) is 29.3 Å². The van der Waals surface area contributed by atoms with Crippen molar-refractivity contribution in [1.29, 1.82) is 0 Å². The minimum atomic E-state index is 0.493. The van der Waals surface area contributed by atoms with Gasteiger partial charge in [-0.15, -0.1) is 0 Å². The third-order valence-corrected chi connectivity index (χ3v) is 2.46. The Balaban J connectivity index is 2.80. The van der Waals surface area contributed by atoms with E-state index in [1.165, 1.54) is 0 Å². The van der Waals surface area contributed by atoms with Crippen LogP contribution in [0.5, 0.6) is 11.6 Å². The lowest BCUT2D eigenvalue weighted by atomic mass is 10.2. The molecule has 0 saturated carbocycles. The largest absolute Gasteiger partial charge is 0.496 e. The number of hydrogen-bond donors (Lipinski definition) is 0. The molecule has 0 aliphatic heterocycles. The van der Waals surface area contributed by atoms with Gasteiger partial charge in [0.25, 0.3) is 0 Å². The minimum absolute atomic E-state index is 0.493. The fourth-order valence-corrected chi connectivity index (χ4v) is 1.65. The van der Waals surface area contributed by atoms with Crippen LogP contribution in [0.1, 0.15) is 0 Å². The van der Waals surface area contributed by atoms with Gasteiger partial charge in [0.15, 0.2) is 0 Å². The Bertz CT molecular complexity index is 499. The fourth-order valence-electron chi connectivity index (χ4n) is 1.43. The highest BCUT2D eigenvalue weighted by Gasteiger charge is 2.08. The van der Waals surface area contributed by atoms with Gasteiger partial charge in [0, 0.05) is 11.5 Å². The Labute approximate surface area is 92.6 Å². The van der Waals surface area contributed by atoms with E-state index in [0.29, 0.717) is 22.2 Å². The van der Waals surface area contributed by atoms with Gasteiger partial charge in [-0.1, -0.05) is 17.7 Å². The van der Waals surface area contributed by atoms with Crippen molar-refractivity contribution >= 4 is 22.5 Å². The Morgan fingerprint density at radius 2 is 2.00 bits per heavy atom. The van der Waals surface area contributed by atoms with Crippen molar-refractivity contribution in [2.45, 2.75) is 0 Å². The van der Waals surface area contributed by atoms with Crippen LogP contribution in [0, 0.1) is 0 Å². The molecule has 15 heavy (non-hydrogen) atoms. The van der Waals surface area contributed by atoms with E-state index in [0.717, 1.165) is 5.39 Å². The lowest BCUT2D eigenvalue weighted by Gasteiger charge is -2.08. The molecule has 0 aliphatic rings. The quantitative estimate of drug-likeness (QED) is 0.785. The second kappa shape index (κ2) is 3.95. The molecule has 0 spiro atoms. The zero-order valence-electron chi connectivity index (χ0n) is 8.45. The molecule has 2 aromatic rings. The first-order chi connectivity index (χ1) is 7.26. The van der Waals surface area contributed by atoms with Gasteiger partial charge in [-0.05, 0) is 12.1 Å². The molecule has 0 amide bonds. The molecule has 4 heteroatoms. The van der Waals surface area contributed by atoms with Crippen LogP contribution in [0.4, 0.5) is 0 Å². The van der Waals surface area contributed by atoms with Crippen molar-refractivity contribution < 1.29 is 9.47 Å². The standard InChI is InChI=1S/C11H10ClNO2/c1-14-9-6-10(15-2)13-11-7(9)4-3-5-8(11)12/h3-6H,1-2H3. The monoisotopic (exact) mass is 223 g/mol. The van der Waals surface area contributed by atoms with Crippen molar-refractivity contribution in [3.63, 3.8) is 0 Å². The molecule has 0 radical (unpaired) electrons. The topological polar surface area (TPSA) is 31.4 Å². The predicted molar refractivity (Wildman–Crippen MR) is 59.9 cm³/mol. The lowest BCUT2D eigenvalue weighted by Crippen LogP contribution is -1.92. The number of benzene rings is 1. The first-order valence-corrected chi connectivity index (χ1v) is 4.81. The van der Waals surface area contributed by atoms with Crippen LogP contribution >= 0.6 is 11.6 Å². The van der Waals surface area contributed by atoms with Crippen molar-refractivity contribution in [3.8, 4) is 11.6 Å². The SMILES string of the molecule is COc1cc(OC)c2cccc(Cl)c2n1. The maximum Gasteiger partial charge on any atom is 0.217 e. The Hall–Kier alpha value is -1.48. The number of pyridine rings is 1. The smallest absolute Gasteiger partial charge is 0.217 e. The molecule has 1 aromatic carbocycles. The average Bonchev–Trinajstić information content (AvgIpc) is 2.28. The molecule has 2 rings (SSSR count). The van der Waals surface area contributed by atoms with Crippen LogP contribution in [0.15, 0.2) is 24.3 Å². The molecular formula is C11H10ClNO2. The second-order valence-corrected chi connectivity index (χ2v) is 3.41. The number of aromatic nitrogens is 1. The summed E-state index contributed by atoms with van der Waals surface area (Å²) in [6, 6.07) is 7.29. The van der Waals surface area contributed by atoms with Gasteiger partial charge in [0.1, 0.15) is 5.75 Å². The Morgan fingerprint density at radius 1 is 1.20 bits per heavy atom. The van der Waals surface area contributed by atoms with Gasteiger partial charge in [0.05, 0.1) is 24.8 Å². The molecule has 78 valence electrons. The molecular weight excluding hydrogens is 214 g/mol. The number of nitrogens with zero attached hydrogens (tertiary/aromatic N) is 1. The van der Waals surface area contributed by atoms with Gasteiger partial charge in [-0.25, -0.2) is 4.98 Å². The van der Waals surface area contributed by atoms with Gasteiger partial charge in [-0.3, -0.25) is 0 Å². The predicted octanol–water partition coefficient (Wildman–Crippen LogP) is 2.91. The number of ether oxygens (including phenoxy) is 2. The van der Waals surface area contributed by atoms with Crippen LogP contribution in [0.3, 0.4) is 0 Å². The summed E-state index contributed by atoms with van der Waals surface area (Å²) < 4.78 is 10.3. The molecule has 1 aromatic heterocycles. The molecule has 0 fully saturated rings. The van der Waals surface area contributed by atoms with E-state index >= 15 is 0 Å². The second-order valence-electron chi connectivity index (χ2n) is 3.00. The third kappa shape index (κ3) is 1.70. The molecule has 0 unspecified atom stereocenters. The van der Waals surface area contributed by atoms with Crippen molar-refractivity contribution in [1.82, 2.24) is 4.98 Å². The van der Waals surface area contributed by atoms with Gasteiger partial charge in [0.2, 0.25) is 5.88 Å². The summed E-state index contributed by atoms with van der Waals surface area (Å²) in [6.45, 7) is 0. The number of para-hydroxylation sites is 1.